The lowest BCUT2D eigenvalue weighted by Gasteiger charge is -2.25. The van der Waals surface area contributed by atoms with Gasteiger partial charge in [0.25, 0.3) is 0 Å². The first-order chi connectivity index (χ1) is 9.33. The van der Waals surface area contributed by atoms with Crippen LogP contribution in [0.4, 0.5) is 4.79 Å². The Hall–Kier alpha value is -2.30. The largest absolute Gasteiger partial charge is 0.445 e. The van der Waals surface area contributed by atoms with Gasteiger partial charge < -0.3 is 9.64 Å². The number of carbonyl (C=O) groups excluding carboxylic acids is 1. The second kappa shape index (κ2) is 5.14. The fourth-order valence-electron chi connectivity index (χ4n) is 2.18. The molecular formula is C14H15N3O2. The molecule has 1 aliphatic rings. The molecular weight excluding hydrogens is 242 g/mol. The van der Waals surface area contributed by atoms with Crippen molar-refractivity contribution in [1.82, 2.24) is 15.1 Å². The van der Waals surface area contributed by atoms with Gasteiger partial charge in [0, 0.05) is 6.54 Å². The minimum absolute atomic E-state index is 0.274. The van der Waals surface area contributed by atoms with Gasteiger partial charge in [-0.2, -0.15) is 5.10 Å². The number of amides is 1. The van der Waals surface area contributed by atoms with E-state index < -0.39 is 0 Å². The number of hydrogen-bond acceptors (Lipinski definition) is 3. The quantitative estimate of drug-likeness (QED) is 0.896. The molecule has 0 radical (unpaired) electrons. The first-order valence-electron chi connectivity index (χ1n) is 6.29. The molecule has 3 rings (SSSR count). The summed E-state index contributed by atoms with van der Waals surface area (Å²) in [7, 11) is 0. The summed E-state index contributed by atoms with van der Waals surface area (Å²) in [6.45, 7) is 1.54. The molecule has 0 atom stereocenters. The second-order valence-corrected chi connectivity index (χ2v) is 4.59. The van der Waals surface area contributed by atoms with Crippen LogP contribution < -0.4 is 0 Å². The molecule has 1 amide bonds. The van der Waals surface area contributed by atoms with Crippen molar-refractivity contribution in [3.05, 3.63) is 53.3 Å². The van der Waals surface area contributed by atoms with Gasteiger partial charge in [-0.15, -0.1) is 0 Å². The molecule has 5 nitrogen and oxygen atoms in total. The zero-order valence-electron chi connectivity index (χ0n) is 10.5. The minimum atomic E-state index is -0.274. The maximum atomic E-state index is 12.0. The number of nitrogens with zero attached hydrogens (tertiary/aromatic N) is 2. The lowest BCUT2D eigenvalue weighted by Crippen LogP contribution is -2.36. The molecule has 1 aromatic heterocycles. The van der Waals surface area contributed by atoms with Crippen molar-refractivity contribution in [2.75, 3.05) is 6.54 Å². The van der Waals surface area contributed by atoms with Gasteiger partial charge in [-0.25, -0.2) is 4.79 Å². The summed E-state index contributed by atoms with van der Waals surface area (Å²) in [5.41, 5.74) is 3.19. The molecule has 2 heterocycles. The molecule has 98 valence electrons. The van der Waals surface area contributed by atoms with Crippen LogP contribution in [0.3, 0.4) is 0 Å². The van der Waals surface area contributed by atoms with Gasteiger partial charge in [0.15, 0.2) is 0 Å². The van der Waals surface area contributed by atoms with Gasteiger partial charge in [-0.3, -0.25) is 5.10 Å². The number of aromatic amines is 1. The van der Waals surface area contributed by atoms with Crippen molar-refractivity contribution in [2.24, 2.45) is 0 Å². The Morgan fingerprint density at radius 3 is 3.05 bits per heavy atom. The van der Waals surface area contributed by atoms with E-state index in [-0.39, 0.29) is 6.09 Å². The number of rotatable bonds is 2. The van der Waals surface area contributed by atoms with Gasteiger partial charge in [0.2, 0.25) is 0 Å². The zero-order chi connectivity index (χ0) is 13.1. The Bertz CT molecular complexity index is 565. The number of hydrogen-bond donors (Lipinski definition) is 1. The number of nitrogens with one attached hydrogen (secondary N) is 1. The van der Waals surface area contributed by atoms with Crippen LogP contribution in [0, 0.1) is 0 Å². The molecule has 0 fully saturated rings. The smallest absolute Gasteiger partial charge is 0.410 e. The highest BCUT2D eigenvalue weighted by Gasteiger charge is 2.22. The van der Waals surface area contributed by atoms with Crippen molar-refractivity contribution >= 4 is 6.09 Å². The van der Waals surface area contributed by atoms with E-state index in [1.165, 1.54) is 5.56 Å². The van der Waals surface area contributed by atoms with Crippen LogP contribution in [0.1, 0.15) is 16.8 Å². The summed E-state index contributed by atoms with van der Waals surface area (Å²) in [6.07, 6.45) is 2.37. The Labute approximate surface area is 111 Å². The van der Waals surface area contributed by atoms with Gasteiger partial charge in [-0.1, -0.05) is 30.3 Å². The van der Waals surface area contributed by atoms with E-state index in [0.717, 1.165) is 17.7 Å². The highest BCUT2D eigenvalue weighted by atomic mass is 16.6. The monoisotopic (exact) mass is 257 g/mol. The molecule has 0 spiro atoms. The van der Waals surface area contributed by atoms with E-state index in [4.69, 9.17) is 4.74 Å². The first kappa shape index (κ1) is 11.8. The van der Waals surface area contributed by atoms with E-state index in [1.54, 1.807) is 4.90 Å². The fraction of sp³-hybridized carbons (Fsp3) is 0.286. The van der Waals surface area contributed by atoms with Crippen LogP contribution in [0.15, 0.2) is 36.5 Å². The Balaban J connectivity index is 1.57. The average Bonchev–Trinajstić information content (AvgIpc) is 2.93. The van der Waals surface area contributed by atoms with Gasteiger partial charge in [0.05, 0.1) is 18.4 Å². The van der Waals surface area contributed by atoms with E-state index >= 15 is 0 Å². The molecule has 1 N–H and O–H groups in total. The van der Waals surface area contributed by atoms with Crippen LogP contribution in [0.2, 0.25) is 0 Å². The maximum absolute atomic E-state index is 12.0. The van der Waals surface area contributed by atoms with Crippen LogP contribution in [0.25, 0.3) is 0 Å². The van der Waals surface area contributed by atoms with Gasteiger partial charge in [-0.05, 0) is 17.5 Å². The molecule has 0 aliphatic carbocycles. The summed E-state index contributed by atoms with van der Waals surface area (Å²) in [5.74, 6) is 0. The molecule has 5 heteroatoms. The average molecular weight is 257 g/mol. The Kier molecular flexibility index (Phi) is 3.18. The van der Waals surface area contributed by atoms with E-state index in [9.17, 15) is 4.79 Å². The molecule has 1 aliphatic heterocycles. The summed E-state index contributed by atoms with van der Waals surface area (Å²) in [5, 5.41) is 6.90. The van der Waals surface area contributed by atoms with Crippen LogP contribution in [0.5, 0.6) is 0 Å². The molecule has 0 saturated heterocycles. The number of H-pyrrole nitrogens is 1. The molecule has 0 unspecified atom stereocenters. The number of ether oxygens (including phenoxy) is 1. The number of benzene rings is 1. The van der Waals surface area contributed by atoms with Crippen molar-refractivity contribution < 1.29 is 9.53 Å². The van der Waals surface area contributed by atoms with E-state index in [0.29, 0.717) is 19.7 Å². The summed E-state index contributed by atoms with van der Waals surface area (Å²) in [4.78, 5) is 13.7. The summed E-state index contributed by atoms with van der Waals surface area (Å²) < 4.78 is 5.31. The molecule has 0 saturated carbocycles. The van der Waals surface area contributed by atoms with Crippen molar-refractivity contribution in [2.45, 2.75) is 19.6 Å². The molecule has 19 heavy (non-hydrogen) atoms. The highest BCUT2D eigenvalue weighted by molar-refractivity contribution is 5.68. The van der Waals surface area contributed by atoms with Gasteiger partial charge >= 0.3 is 6.09 Å². The van der Waals surface area contributed by atoms with Crippen molar-refractivity contribution in [3.8, 4) is 0 Å². The zero-order valence-corrected chi connectivity index (χ0v) is 10.5. The maximum Gasteiger partial charge on any atom is 0.410 e. The van der Waals surface area contributed by atoms with Crippen molar-refractivity contribution in [3.63, 3.8) is 0 Å². The lowest BCUT2D eigenvalue weighted by atomic mass is 10.1. The normalized spacial score (nSPS) is 14.0. The standard InChI is InChI=1S/C14H15N3O2/c18-14(19-10-11-4-2-1-3-5-11)17-7-6-12-8-15-16-13(12)9-17/h1-5,8H,6-7,9-10H2,(H,15,16). The van der Waals surface area contributed by atoms with Gasteiger partial charge in [0.1, 0.15) is 6.61 Å². The van der Waals surface area contributed by atoms with E-state index in [1.807, 2.05) is 36.5 Å². The van der Waals surface area contributed by atoms with Crippen molar-refractivity contribution in [1.29, 1.82) is 0 Å². The summed E-state index contributed by atoms with van der Waals surface area (Å²) >= 11 is 0. The third kappa shape index (κ3) is 2.59. The van der Waals surface area contributed by atoms with E-state index in [2.05, 4.69) is 10.2 Å². The highest BCUT2D eigenvalue weighted by Crippen LogP contribution is 2.16. The minimum Gasteiger partial charge on any atom is -0.445 e. The fourth-order valence-corrected chi connectivity index (χ4v) is 2.18. The van der Waals surface area contributed by atoms with Crippen LogP contribution in [-0.2, 0) is 24.3 Å². The summed E-state index contributed by atoms with van der Waals surface area (Å²) in [6, 6.07) is 9.69. The third-order valence-electron chi connectivity index (χ3n) is 3.27. The lowest BCUT2D eigenvalue weighted by molar-refractivity contribution is 0.0914. The predicted molar refractivity (Wildman–Crippen MR) is 69.3 cm³/mol. The number of fused-ring (bicyclic) bond motifs is 1. The Morgan fingerprint density at radius 1 is 1.37 bits per heavy atom. The number of carbonyl (C=O) groups is 1. The number of aromatic nitrogens is 2. The molecule has 0 bridgehead atoms. The van der Waals surface area contributed by atoms with Crippen LogP contribution >= 0.6 is 0 Å². The SMILES string of the molecule is O=C(OCc1ccccc1)N1CCc2cn[nH]c2C1. The second-order valence-electron chi connectivity index (χ2n) is 4.59. The Morgan fingerprint density at radius 2 is 2.21 bits per heavy atom. The van der Waals surface area contributed by atoms with Crippen LogP contribution in [-0.4, -0.2) is 27.7 Å². The predicted octanol–water partition coefficient (Wildman–Crippen LogP) is 2.10. The molecule has 1 aromatic carbocycles. The topological polar surface area (TPSA) is 58.2 Å². The first-order valence-corrected chi connectivity index (χ1v) is 6.29. The molecule has 2 aromatic rings. The third-order valence-corrected chi connectivity index (χ3v) is 3.27.